The third kappa shape index (κ3) is 5.31. The smallest absolute Gasteiger partial charge is 0.220 e. The summed E-state index contributed by atoms with van der Waals surface area (Å²) >= 11 is 0. The Morgan fingerprint density at radius 2 is 2.11 bits per heavy atom. The van der Waals surface area contributed by atoms with E-state index in [0.717, 1.165) is 43.5 Å². The Bertz CT molecular complexity index is 373. The summed E-state index contributed by atoms with van der Waals surface area (Å²) in [5.74, 6) is 0.117. The van der Waals surface area contributed by atoms with Crippen molar-refractivity contribution in [3.63, 3.8) is 0 Å². The van der Waals surface area contributed by atoms with E-state index in [1.54, 1.807) is 4.68 Å². The second-order valence-corrected chi connectivity index (χ2v) is 4.64. The van der Waals surface area contributed by atoms with Gasteiger partial charge >= 0.3 is 0 Å². The topological polar surface area (TPSA) is 72.9 Å². The molecule has 0 spiro atoms. The molecule has 1 amide bonds. The number of aromatic nitrogens is 2. The van der Waals surface area contributed by atoms with Crippen LogP contribution < -0.4 is 11.1 Å². The van der Waals surface area contributed by atoms with Crippen molar-refractivity contribution in [1.82, 2.24) is 15.1 Å². The molecule has 0 saturated carbocycles. The summed E-state index contributed by atoms with van der Waals surface area (Å²) in [5, 5.41) is 7.17. The molecule has 5 heteroatoms. The molecule has 0 aliphatic rings. The molecule has 0 radical (unpaired) electrons. The molecular formula is C13H24N4O. The average Bonchev–Trinajstić information content (AvgIpc) is 2.65. The van der Waals surface area contributed by atoms with E-state index in [0.29, 0.717) is 13.0 Å². The Labute approximate surface area is 109 Å². The maximum Gasteiger partial charge on any atom is 0.220 e. The SMILES string of the molecule is Cc1nn(C)cc1CNC(=O)CCCCCCN. The van der Waals surface area contributed by atoms with E-state index in [1.165, 1.54) is 0 Å². The first-order valence-corrected chi connectivity index (χ1v) is 6.59. The van der Waals surface area contributed by atoms with Gasteiger partial charge in [-0.15, -0.1) is 0 Å². The molecule has 1 heterocycles. The normalized spacial score (nSPS) is 10.6. The van der Waals surface area contributed by atoms with E-state index in [-0.39, 0.29) is 5.91 Å². The molecule has 0 aromatic carbocycles. The van der Waals surface area contributed by atoms with Gasteiger partial charge < -0.3 is 11.1 Å². The van der Waals surface area contributed by atoms with Crippen LogP contribution in [0, 0.1) is 6.92 Å². The molecule has 5 nitrogen and oxygen atoms in total. The molecule has 0 fully saturated rings. The van der Waals surface area contributed by atoms with Crippen molar-refractivity contribution in [3.05, 3.63) is 17.5 Å². The molecule has 3 N–H and O–H groups in total. The van der Waals surface area contributed by atoms with Crippen molar-refractivity contribution in [2.75, 3.05) is 6.54 Å². The van der Waals surface area contributed by atoms with Crippen LogP contribution in [0.3, 0.4) is 0 Å². The summed E-state index contributed by atoms with van der Waals surface area (Å²) in [5.41, 5.74) is 7.46. The number of hydrogen-bond acceptors (Lipinski definition) is 3. The molecule has 0 aliphatic heterocycles. The van der Waals surface area contributed by atoms with Gasteiger partial charge in [0.15, 0.2) is 0 Å². The molecule has 102 valence electrons. The molecule has 0 saturated heterocycles. The fourth-order valence-corrected chi connectivity index (χ4v) is 1.89. The van der Waals surface area contributed by atoms with Gasteiger partial charge in [-0.05, 0) is 26.3 Å². The lowest BCUT2D eigenvalue weighted by Crippen LogP contribution is -2.22. The summed E-state index contributed by atoms with van der Waals surface area (Å²) in [6, 6.07) is 0. The maximum atomic E-state index is 11.6. The first kappa shape index (κ1) is 14.7. The number of nitrogens with one attached hydrogen (secondary N) is 1. The molecular weight excluding hydrogens is 228 g/mol. The largest absolute Gasteiger partial charge is 0.352 e. The highest BCUT2D eigenvalue weighted by Gasteiger charge is 2.05. The number of rotatable bonds is 8. The van der Waals surface area contributed by atoms with Crippen molar-refractivity contribution in [2.45, 2.75) is 45.6 Å². The zero-order chi connectivity index (χ0) is 13.4. The lowest BCUT2D eigenvalue weighted by Gasteiger charge is -2.04. The van der Waals surface area contributed by atoms with Crippen LogP contribution >= 0.6 is 0 Å². The van der Waals surface area contributed by atoms with Crippen LogP contribution in [0.25, 0.3) is 0 Å². The van der Waals surface area contributed by atoms with Crippen molar-refractivity contribution in [1.29, 1.82) is 0 Å². The van der Waals surface area contributed by atoms with Crippen molar-refractivity contribution in [2.24, 2.45) is 12.8 Å². The minimum atomic E-state index is 0.117. The number of amides is 1. The van der Waals surface area contributed by atoms with Crippen LogP contribution in [0.15, 0.2) is 6.20 Å². The minimum Gasteiger partial charge on any atom is -0.352 e. The van der Waals surface area contributed by atoms with E-state index in [2.05, 4.69) is 10.4 Å². The van der Waals surface area contributed by atoms with Gasteiger partial charge in [-0.25, -0.2) is 0 Å². The van der Waals surface area contributed by atoms with Gasteiger partial charge in [0.1, 0.15) is 0 Å². The van der Waals surface area contributed by atoms with E-state index in [1.807, 2.05) is 20.2 Å². The van der Waals surface area contributed by atoms with Gasteiger partial charge in [0, 0.05) is 31.8 Å². The fourth-order valence-electron chi connectivity index (χ4n) is 1.89. The van der Waals surface area contributed by atoms with Crippen molar-refractivity contribution < 1.29 is 4.79 Å². The summed E-state index contributed by atoms with van der Waals surface area (Å²) in [7, 11) is 1.88. The molecule has 1 aromatic heterocycles. The number of aryl methyl sites for hydroxylation is 2. The molecule has 0 atom stereocenters. The number of carbonyl (C=O) groups excluding carboxylic acids is 1. The maximum absolute atomic E-state index is 11.6. The van der Waals surface area contributed by atoms with Gasteiger partial charge in [-0.3, -0.25) is 9.48 Å². The van der Waals surface area contributed by atoms with E-state index in [4.69, 9.17) is 5.73 Å². The number of carbonyl (C=O) groups is 1. The highest BCUT2D eigenvalue weighted by Crippen LogP contribution is 2.05. The zero-order valence-corrected chi connectivity index (χ0v) is 11.4. The monoisotopic (exact) mass is 252 g/mol. The van der Waals surface area contributed by atoms with E-state index < -0.39 is 0 Å². The Morgan fingerprint density at radius 1 is 1.39 bits per heavy atom. The Kier molecular flexibility index (Phi) is 6.43. The predicted octanol–water partition coefficient (Wildman–Crippen LogP) is 1.25. The Morgan fingerprint density at radius 3 is 2.72 bits per heavy atom. The summed E-state index contributed by atoms with van der Waals surface area (Å²) in [4.78, 5) is 11.6. The first-order valence-electron chi connectivity index (χ1n) is 6.59. The van der Waals surface area contributed by atoms with Crippen LogP contribution in [-0.4, -0.2) is 22.2 Å². The zero-order valence-electron chi connectivity index (χ0n) is 11.4. The quantitative estimate of drug-likeness (QED) is 0.684. The molecule has 0 unspecified atom stereocenters. The summed E-state index contributed by atoms with van der Waals surface area (Å²) < 4.78 is 1.77. The lowest BCUT2D eigenvalue weighted by molar-refractivity contribution is -0.121. The standard InChI is InChI=1S/C13H24N4O/c1-11-12(10-17(2)16-11)9-15-13(18)7-5-3-4-6-8-14/h10H,3-9,14H2,1-2H3,(H,15,18). The van der Waals surface area contributed by atoms with Crippen LogP contribution in [0.1, 0.15) is 43.4 Å². The highest BCUT2D eigenvalue weighted by molar-refractivity contribution is 5.75. The predicted molar refractivity (Wildman–Crippen MR) is 71.9 cm³/mol. The van der Waals surface area contributed by atoms with Gasteiger partial charge in [0.25, 0.3) is 0 Å². The summed E-state index contributed by atoms with van der Waals surface area (Å²) in [6.45, 7) is 3.27. The van der Waals surface area contributed by atoms with Gasteiger partial charge in [0.2, 0.25) is 5.91 Å². The third-order valence-electron chi connectivity index (χ3n) is 2.95. The highest BCUT2D eigenvalue weighted by atomic mass is 16.1. The molecule has 1 rings (SSSR count). The van der Waals surface area contributed by atoms with Gasteiger partial charge in [0.05, 0.1) is 5.69 Å². The third-order valence-corrected chi connectivity index (χ3v) is 2.95. The Balaban J connectivity index is 2.15. The number of nitrogens with zero attached hydrogens (tertiary/aromatic N) is 2. The van der Waals surface area contributed by atoms with E-state index >= 15 is 0 Å². The van der Waals surface area contributed by atoms with Crippen molar-refractivity contribution >= 4 is 5.91 Å². The molecule has 1 aromatic rings. The average molecular weight is 252 g/mol. The van der Waals surface area contributed by atoms with Gasteiger partial charge in [-0.2, -0.15) is 5.10 Å². The van der Waals surface area contributed by atoms with Gasteiger partial charge in [-0.1, -0.05) is 12.8 Å². The van der Waals surface area contributed by atoms with Crippen molar-refractivity contribution in [3.8, 4) is 0 Å². The van der Waals surface area contributed by atoms with Crippen LogP contribution in [-0.2, 0) is 18.4 Å². The van der Waals surface area contributed by atoms with E-state index in [9.17, 15) is 4.79 Å². The van der Waals surface area contributed by atoms with Crippen LogP contribution in [0.4, 0.5) is 0 Å². The fraction of sp³-hybridized carbons (Fsp3) is 0.692. The number of unbranched alkanes of at least 4 members (excludes halogenated alkanes) is 3. The molecule has 18 heavy (non-hydrogen) atoms. The first-order chi connectivity index (χ1) is 8.63. The summed E-state index contributed by atoms with van der Waals surface area (Å²) in [6.07, 6.45) is 6.73. The molecule has 0 aliphatic carbocycles. The lowest BCUT2D eigenvalue weighted by atomic mass is 10.1. The Hall–Kier alpha value is -1.36. The minimum absolute atomic E-state index is 0.117. The second-order valence-electron chi connectivity index (χ2n) is 4.64. The van der Waals surface area contributed by atoms with Crippen LogP contribution in [0.5, 0.6) is 0 Å². The second kappa shape index (κ2) is 7.87. The van der Waals surface area contributed by atoms with Crippen LogP contribution in [0.2, 0.25) is 0 Å². The molecule has 0 bridgehead atoms. The number of hydrogen-bond donors (Lipinski definition) is 2. The number of nitrogens with two attached hydrogens (primary N) is 1.